The molecule has 0 aromatic rings. The molecule has 4 saturated carbocycles. The first-order valence-electron chi connectivity index (χ1n) is 11.9. The molecule has 29 heavy (non-hydrogen) atoms. The van der Waals surface area contributed by atoms with E-state index in [1.807, 2.05) is 0 Å². The molecule has 0 aromatic heterocycles. The average Bonchev–Trinajstić information content (AvgIpc) is 2.87. The first-order valence-corrected chi connectivity index (χ1v) is 11.9. The molecule has 3 heteroatoms. The molecule has 4 rings (SSSR count). The zero-order chi connectivity index (χ0) is 20.8. The molecule has 0 amide bonds. The number of hydrogen-bond donors (Lipinski definition) is 0. The van der Waals surface area contributed by atoms with E-state index in [4.69, 9.17) is 4.74 Å². The van der Waals surface area contributed by atoms with Gasteiger partial charge in [0, 0.05) is 11.8 Å². The van der Waals surface area contributed by atoms with Gasteiger partial charge in [-0.2, -0.15) is 0 Å². The molecule has 4 aliphatic carbocycles. The van der Waals surface area contributed by atoms with E-state index >= 15 is 0 Å². The average molecular weight is 399 g/mol. The van der Waals surface area contributed by atoms with Crippen LogP contribution in [0, 0.1) is 28.6 Å². The molecule has 0 aliphatic heterocycles. The molecular formula is C26H38O3. The third kappa shape index (κ3) is 3.43. The minimum absolute atomic E-state index is 0.0472. The summed E-state index contributed by atoms with van der Waals surface area (Å²) in [6, 6.07) is 0. The van der Waals surface area contributed by atoms with Crippen LogP contribution in [0.4, 0.5) is 0 Å². The van der Waals surface area contributed by atoms with Crippen LogP contribution in [0.1, 0.15) is 90.9 Å². The van der Waals surface area contributed by atoms with Crippen LogP contribution in [0.5, 0.6) is 0 Å². The van der Waals surface area contributed by atoms with Crippen LogP contribution in [-0.4, -0.2) is 17.9 Å². The number of esters is 1. The topological polar surface area (TPSA) is 43.4 Å². The summed E-state index contributed by atoms with van der Waals surface area (Å²) in [5, 5.41) is 0. The predicted molar refractivity (Wildman–Crippen MR) is 115 cm³/mol. The van der Waals surface area contributed by atoms with Gasteiger partial charge in [0.25, 0.3) is 0 Å². The van der Waals surface area contributed by atoms with Gasteiger partial charge in [0.15, 0.2) is 5.78 Å². The van der Waals surface area contributed by atoms with Gasteiger partial charge in [-0.1, -0.05) is 32.1 Å². The number of fused-ring (bicyclic) bond motifs is 1. The van der Waals surface area contributed by atoms with Crippen LogP contribution < -0.4 is 0 Å². The van der Waals surface area contributed by atoms with Crippen LogP contribution in [0.3, 0.4) is 0 Å². The second kappa shape index (κ2) is 7.71. The fourth-order valence-electron chi connectivity index (χ4n) is 7.66. The van der Waals surface area contributed by atoms with Crippen molar-refractivity contribution in [1.29, 1.82) is 0 Å². The maximum absolute atomic E-state index is 13.3. The molecule has 160 valence electrons. The highest BCUT2D eigenvalue weighted by molar-refractivity contribution is 6.03. The van der Waals surface area contributed by atoms with Crippen LogP contribution in [0.15, 0.2) is 24.3 Å². The quantitative estimate of drug-likeness (QED) is 0.316. The number of rotatable bonds is 5. The Morgan fingerprint density at radius 3 is 2.55 bits per heavy atom. The molecular weight excluding hydrogens is 360 g/mol. The fourth-order valence-corrected chi connectivity index (χ4v) is 7.66. The lowest BCUT2D eigenvalue weighted by molar-refractivity contribution is -0.154. The van der Waals surface area contributed by atoms with Gasteiger partial charge in [-0.15, -0.1) is 0 Å². The molecule has 2 bridgehead atoms. The summed E-state index contributed by atoms with van der Waals surface area (Å²) in [4.78, 5) is 26.0. The van der Waals surface area contributed by atoms with Crippen LogP contribution >= 0.6 is 0 Å². The highest BCUT2D eigenvalue weighted by atomic mass is 16.5. The summed E-state index contributed by atoms with van der Waals surface area (Å²) < 4.78 is 5.81. The van der Waals surface area contributed by atoms with Crippen molar-refractivity contribution in [3.05, 3.63) is 24.3 Å². The maximum Gasteiger partial charge on any atom is 0.306 e. The normalized spacial score (nSPS) is 39.9. The number of Topliss-reactive ketones (excluding diaryl/α,β-unsaturated/α-hetero) is 1. The Morgan fingerprint density at radius 1 is 1.14 bits per heavy atom. The summed E-state index contributed by atoms with van der Waals surface area (Å²) >= 11 is 0. The minimum Gasteiger partial charge on any atom is -0.462 e. The second-order valence-corrected chi connectivity index (χ2v) is 10.7. The van der Waals surface area contributed by atoms with Gasteiger partial charge in [-0.25, -0.2) is 0 Å². The van der Waals surface area contributed by atoms with E-state index < -0.39 is 0 Å². The summed E-state index contributed by atoms with van der Waals surface area (Å²) in [5.41, 5.74) is 1.78. The molecule has 3 nitrogen and oxygen atoms in total. The van der Waals surface area contributed by atoms with Gasteiger partial charge >= 0.3 is 5.97 Å². The van der Waals surface area contributed by atoms with E-state index in [2.05, 4.69) is 27.0 Å². The summed E-state index contributed by atoms with van der Waals surface area (Å²) in [6.07, 6.45) is 12.1. The Labute approximate surface area is 176 Å². The summed E-state index contributed by atoms with van der Waals surface area (Å²) in [7, 11) is 0. The van der Waals surface area contributed by atoms with Gasteiger partial charge in [-0.05, 0) is 99.9 Å². The third-order valence-corrected chi connectivity index (χ3v) is 9.10. The smallest absolute Gasteiger partial charge is 0.306 e. The summed E-state index contributed by atoms with van der Waals surface area (Å²) in [5.74, 6) is 1.38. The first-order chi connectivity index (χ1) is 13.8. The van der Waals surface area contributed by atoms with E-state index in [-0.39, 0.29) is 22.9 Å². The van der Waals surface area contributed by atoms with Crippen LogP contribution in [0.25, 0.3) is 0 Å². The zero-order valence-corrected chi connectivity index (χ0v) is 18.4. The monoisotopic (exact) mass is 398 g/mol. The lowest BCUT2D eigenvalue weighted by atomic mass is 9.46. The molecule has 5 atom stereocenters. The van der Waals surface area contributed by atoms with E-state index in [1.54, 1.807) is 0 Å². The van der Waals surface area contributed by atoms with Crippen molar-refractivity contribution >= 4 is 11.8 Å². The molecule has 0 radical (unpaired) electrons. The van der Waals surface area contributed by atoms with Crippen LogP contribution in [0.2, 0.25) is 0 Å². The first kappa shape index (κ1) is 20.9. The minimum atomic E-state index is -0.228. The van der Waals surface area contributed by atoms with Gasteiger partial charge in [0.1, 0.15) is 6.10 Å². The van der Waals surface area contributed by atoms with Crippen molar-refractivity contribution in [1.82, 2.24) is 0 Å². The Hall–Kier alpha value is -1.38. The zero-order valence-electron chi connectivity index (χ0n) is 18.4. The standard InChI is InChI=1S/C26H38O3/c1-17(2)21-12-15-26-16-19(18(3)24(26)28)10-11-22(26)25(21,4)14-13-23(27)29-20-8-6-5-7-9-20/h19-22H,1,3,5-16H2,2,4H3/t19-,21-,22+,25-,26-/m1/s1. The lowest BCUT2D eigenvalue weighted by Gasteiger charge is -2.57. The predicted octanol–water partition coefficient (Wildman–Crippen LogP) is 6.18. The molecule has 4 aliphatic rings. The SMILES string of the molecule is C=C1C(=O)[C@@]23CC[C@H](C(=C)C)[C@@](C)(CCC(=O)OC4CCCCC4)[C@@H]2CC[C@@H]1C3. The van der Waals surface area contributed by atoms with E-state index in [1.165, 1.54) is 24.8 Å². The maximum atomic E-state index is 13.3. The molecule has 1 spiro atoms. The molecule has 4 fully saturated rings. The van der Waals surface area contributed by atoms with Gasteiger partial charge in [0.05, 0.1) is 0 Å². The van der Waals surface area contributed by atoms with E-state index in [9.17, 15) is 9.59 Å². The number of ketones is 1. The molecule has 0 heterocycles. The lowest BCUT2D eigenvalue weighted by Crippen LogP contribution is -2.53. The second-order valence-electron chi connectivity index (χ2n) is 10.7. The third-order valence-electron chi connectivity index (χ3n) is 9.10. The number of hydrogen-bond acceptors (Lipinski definition) is 3. The number of ether oxygens (including phenoxy) is 1. The number of allylic oxidation sites excluding steroid dienone is 2. The molecule has 0 unspecified atom stereocenters. The highest BCUT2D eigenvalue weighted by Gasteiger charge is 2.64. The Balaban J connectivity index is 1.52. The largest absolute Gasteiger partial charge is 0.462 e. The van der Waals surface area contributed by atoms with Gasteiger partial charge in [0.2, 0.25) is 0 Å². The van der Waals surface area contributed by atoms with Crippen molar-refractivity contribution in [2.75, 3.05) is 0 Å². The van der Waals surface area contributed by atoms with Crippen molar-refractivity contribution in [2.24, 2.45) is 28.6 Å². The Kier molecular flexibility index (Phi) is 5.55. The van der Waals surface area contributed by atoms with E-state index in [0.717, 1.165) is 56.9 Å². The van der Waals surface area contributed by atoms with Crippen molar-refractivity contribution in [3.8, 4) is 0 Å². The van der Waals surface area contributed by atoms with E-state index in [0.29, 0.717) is 30.0 Å². The van der Waals surface area contributed by atoms with Crippen molar-refractivity contribution < 1.29 is 14.3 Å². The molecule has 0 aromatic carbocycles. The van der Waals surface area contributed by atoms with Gasteiger partial charge in [-0.3, -0.25) is 9.59 Å². The Bertz CT molecular complexity index is 715. The molecule has 0 saturated heterocycles. The number of carbonyl (C=O) groups excluding carboxylic acids is 2. The van der Waals surface area contributed by atoms with Crippen LogP contribution in [-0.2, 0) is 14.3 Å². The fraction of sp³-hybridized carbons (Fsp3) is 0.769. The number of carbonyl (C=O) groups is 2. The summed E-state index contributed by atoms with van der Waals surface area (Å²) in [6.45, 7) is 12.9. The molecule has 0 N–H and O–H groups in total. The Morgan fingerprint density at radius 2 is 1.86 bits per heavy atom. The van der Waals surface area contributed by atoms with Crippen molar-refractivity contribution in [3.63, 3.8) is 0 Å². The highest BCUT2D eigenvalue weighted by Crippen LogP contribution is 2.67. The van der Waals surface area contributed by atoms with Gasteiger partial charge < -0.3 is 4.74 Å². The van der Waals surface area contributed by atoms with Crippen molar-refractivity contribution in [2.45, 2.75) is 97.0 Å².